The smallest absolute Gasteiger partial charge is 0.275 e. The second-order valence-corrected chi connectivity index (χ2v) is 7.44. The number of anilines is 2. The van der Waals surface area contributed by atoms with Crippen molar-refractivity contribution in [3.8, 4) is 0 Å². The van der Waals surface area contributed by atoms with Gasteiger partial charge in [-0.05, 0) is 44.9 Å². The number of aryl methyl sites for hydroxylation is 1. The number of rotatable bonds is 8. The van der Waals surface area contributed by atoms with Crippen molar-refractivity contribution in [2.45, 2.75) is 41.2 Å². The van der Waals surface area contributed by atoms with Gasteiger partial charge < -0.3 is 10.2 Å². The van der Waals surface area contributed by atoms with Crippen LogP contribution < -0.4 is 15.1 Å². The highest BCUT2D eigenvalue weighted by atomic mass is 32.1. The Balaban J connectivity index is 2.22. The van der Waals surface area contributed by atoms with Crippen molar-refractivity contribution in [1.82, 2.24) is 10.3 Å². The molecule has 0 spiro atoms. The molecule has 0 aliphatic rings. The molecule has 1 heterocycles. The second kappa shape index (κ2) is 9.62. The highest BCUT2D eigenvalue weighted by molar-refractivity contribution is 7.14. The van der Waals surface area contributed by atoms with Crippen LogP contribution in [0, 0.1) is 13.8 Å². The Hall–Kier alpha value is -2.25. The molecule has 146 valence electrons. The van der Waals surface area contributed by atoms with Gasteiger partial charge in [-0.1, -0.05) is 12.1 Å². The van der Waals surface area contributed by atoms with Crippen molar-refractivity contribution in [2.24, 2.45) is 0 Å². The first kappa shape index (κ1) is 21.1. The number of aromatic nitrogens is 1. The number of benzene rings is 1. The van der Waals surface area contributed by atoms with Crippen molar-refractivity contribution in [3.05, 3.63) is 40.4 Å². The van der Waals surface area contributed by atoms with Crippen LogP contribution in [0.4, 0.5) is 10.8 Å². The maximum Gasteiger partial charge on any atom is 0.275 e. The maximum absolute atomic E-state index is 12.3. The SMILES string of the molecule is CCNC(=O)C[NH+](CC)Cc1csc(N(C(C)=O)c2cccc(C)c2C)n1. The van der Waals surface area contributed by atoms with Crippen molar-refractivity contribution in [1.29, 1.82) is 0 Å². The van der Waals surface area contributed by atoms with Crippen LogP contribution in [0.25, 0.3) is 0 Å². The van der Waals surface area contributed by atoms with Crippen molar-refractivity contribution in [2.75, 3.05) is 24.5 Å². The summed E-state index contributed by atoms with van der Waals surface area (Å²) >= 11 is 1.46. The van der Waals surface area contributed by atoms with E-state index in [4.69, 9.17) is 4.98 Å². The van der Waals surface area contributed by atoms with Crippen molar-refractivity contribution in [3.63, 3.8) is 0 Å². The first-order chi connectivity index (χ1) is 12.9. The summed E-state index contributed by atoms with van der Waals surface area (Å²) in [6, 6.07) is 5.94. The molecule has 1 aromatic carbocycles. The van der Waals surface area contributed by atoms with Crippen LogP contribution in [0.2, 0.25) is 0 Å². The minimum Gasteiger partial charge on any atom is -0.351 e. The standard InChI is InChI=1S/C20H28N4O2S/c1-6-21-19(26)12-23(7-2)11-17-13-27-20(22-17)24(16(5)25)18-10-8-9-14(3)15(18)4/h8-10,13H,6-7,11-12H2,1-5H3,(H,21,26)/p+1. The van der Waals surface area contributed by atoms with Gasteiger partial charge in [0.05, 0.1) is 12.2 Å². The zero-order chi connectivity index (χ0) is 20.0. The first-order valence-corrected chi connectivity index (χ1v) is 10.2. The van der Waals surface area contributed by atoms with Crippen LogP contribution in [0.5, 0.6) is 0 Å². The number of quaternary nitrogens is 1. The third-order valence-electron chi connectivity index (χ3n) is 4.58. The molecule has 1 unspecified atom stereocenters. The fourth-order valence-corrected chi connectivity index (χ4v) is 3.80. The Bertz CT molecular complexity index is 803. The Morgan fingerprint density at radius 3 is 2.63 bits per heavy atom. The van der Waals surface area contributed by atoms with Gasteiger partial charge in [0.2, 0.25) is 5.91 Å². The van der Waals surface area contributed by atoms with E-state index in [9.17, 15) is 9.59 Å². The van der Waals surface area contributed by atoms with Crippen molar-refractivity contribution >= 4 is 34.0 Å². The number of hydrogen-bond donors (Lipinski definition) is 2. The van der Waals surface area contributed by atoms with E-state index in [1.54, 1.807) is 11.8 Å². The molecular weight excluding hydrogens is 360 g/mol. The van der Waals surface area contributed by atoms with E-state index in [1.165, 1.54) is 11.3 Å². The van der Waals surface area contributed by atoms with Gasteiger partial charge in [0.1, 0.15) is 12.2 Å². The van der Waals surface area contributed by atoms with Crippen LogP contribution in [-0.4, -0.2) is 36.4 Å². The predicted octanol–water partition coefficient (Wildman–Crippen LogP) is 1.99. The Kier molecular flexibility index (Phi) is 7.50. The molecular formula is C20H29N4O2S+. The Morgan fingerprint density at radius 2 is 2.00 bits per heavy atom. The normalized spacial score (nSPS) is 11.9. The lowest BCUT2D eigenvalue weighted by Gasteiger charge is -2.21. The van der Waals surface area contributed by atoms with Gasteiger partial charge in [0.25, 0.3) is 5.91 Å². The largest absolute Gasteiger partial charge is 0.351 e. The topological polar surface area (TPSA) is 66.7 Å². The summed E-state index contributed by atoms with van der Waals surface area (Å²) in [5, 5.41) is 5.48. The maximum atomic E-state index is 12.3. The number of likely N-dealkylation sites (N-methyl/N-ethyl adjacent to an activating group) is 2. The third kappa shape index (κ3) is 5.37. The van der Waals surface area contributed by atoms with Crippen LogP contribution in [0.3, 0.4) is 0 Å². The van der Waals surface area contributed by atoms with E-state index < -0.39 is 0 Å². The highest BCUT2D eigenvalue weighted by Crippen LogP contribution is 2.32. The van der Waals surface area contributed by atoms with E-state index >= 15 is 0 Å². The molecule has 0 saturated heterocycles. The molecule has 0 fully saturated rings. The minimum absolute atomic E-state index is 0.0468. The summed E-state index contributed by atoms with van der Waals surface area (Å²) < 4.78 is 0. The summed E-state index contributed by atoms with van der Waals surface area (Å²) in [6.07, 6.45) is 0. The molecule has 1 atom stereocenters. The van der Waals surface area contributed by atoms with E-state index in [0.717, 1.165) is 34.0 Å². The molecule has 0 bridgehead atoms. The van der Waals surface area contributed by atoms with E-state index in [1.807, 2.05) is 44.4 Å². The highest BCUT2D eigenvalue weighted by Gasteiger charge is 2.21. The van der Waals surface area contributed by atoms with Gasteiger partial charge in [0.15, 0.2) is 11.7 Å². The average Bonchev–Trinajstić information content (AvgIpc) is 3.06. The van der Waals surface area contributed by atoms with Gasteiger partial charge >= 0.3 is 0 Å². The van der Waals surface area contributed by atoms with E-state index in [0.29, 0.717) is 24.8 Å². The number of carbonyl (C=O) groups is 2. The Morgan fingerprint density at radius 1 is 1.26 bits per heavy atom. The molecule has 6 nitrogen and oxygen atoms in total. The lowest BCUT2D eigenvalue weighted by Crippen LogP contribution is -3.11. The molecule has 2 N–H and O–H groups in total. The zero-order valence-electron chi connectivity index (χ0n) is 16.8. The summed E-state index contributed by atoms with van der Waals surface area (Å²) in [5.74, 6) is -0.0165. The molecule has 0 aliphatic carbocycles. The second-order valence-electron chi connectivity index (χ2n) is 6.61. The number of carbonyl (C=O) groups excluding carboxylic acids is 2. The molecule has 27 heavy (non-hydrogen) atoms. The first-order valence-electron chi connectivity index (χ1n) is 9.28. The summed E-state index contributed by atoms with van der Waals surface area (Å²) in [7, 11) is 0. The quantitative estimate of drug-likeness (QED) is 0.726. The van der Waals surface area contributed by atoms with Crippen LogP contribution in [-0.2, 0) is 16.1 Å². The molecule has 7 heteroatoms. The molecule has 2 amide bonds. The molecule has 2 aromatic rings. The zero-order valence-corrected chi connectivity index (χ0v) is 17.6. The van der Waals surface area contributed by atoms with Gasteiger partial charge in [-0.15, -0.1) is 11.3 Å². The Labute approximate surface area is 165 Å². The van der Waals surface area contributed by atoms with Gasteiger partial charge in [0, 0.05) is 18.8 Å². The lowest BCUT2D eigenvalue weighted by atomic mass is 10.1. The number of thiazole rings is 1. The monoisotopic (exact) mass is 389 g/mol. The molecule has 2 rings (SSSR count). The van der Waals surface area contributed by atoms with Gasteiger partial charge in [-0.2, -0.15) is 0 Å². The molecule has 0 radical (unpaired) electrons. The van der Waals surface area contributed by atoms with Crippen LogP contribution in [0.1, 0.15) is 37.6 Å². The fourth-order valence-electron chi connectivity index (χ4n) is 2.92. The molecule has 0 aliphatic heterocycles. The van der Waals surface area contributed by atoms with Crippen molar-refractivity contribution < 1.29 is 14.5 Å². The summed E-state index contributed by atoms with van der Waals surface area (Å²) in [5.41, 5.74) is 3.97. The number of nitrogens with zero attached hydrogens (tertiary/aromatic N) is 2. The number of nitrogens with one attached hydrogen (secondary N) is 2. The third-order valence-corrected chi connectivity index (χ3v) is 5.45. The van der Waals surface area contributed by atoms with Crippen LogP contribution >= 0.6 is 11.3 Å². The average molecular weight is 390 g/mol. The predicted molar refractivity (Wildman–Crippen MR) is 110 cm³/mol. The molecule has 0 saturated carbocycles. The minimum atomic E-state index is -0.0633. The fraction of sp³-hybridized carbons (Fsp3) is 0.450. The lowest BCUT2D eigenvalue weighted by molar-refractivity contribution is -0.904. The molecule has 1 aromatic heterocycles. The van der Waals surface area contributed by atoms with E-state index in [-0.39, 0.29) is 11.8 Å². The van der Waals surface area contributed by atoms with E-state index in [2.05, 4.69) is 12.2 Å². The summed E-state index contributed by atoms with van der Waals surface area (Å²) in [4.78, 5) is 31.7. The summed E-state index contributed by atoms with van der Waals surface area (Å²) in [6.45, 7) is 12.1. The van der Waals surface area contributed by atoms with Gasteiger partial charge in [-0.3, -0.25) is 14.5 Å². The number of amides is 2. The number of hydrogen-bond acceptors (Lipinski definition) is 4. The van der Waals surface area contributed by atoms with Gasteiger partial charge in [-0.25, -0.2) is 4.98 Å². The van der Waals surface area contributed by atoms with Crippen LogP contribution in [0.15, 0.2) is 23.6 Å².